The van der Waals surface area contributed by atoms with Gasteiger partial charge in [-0.1, -0.05) is 169 Å². The number of halogens is 2. The maximum Gasteiger partial charge on any atom is 0.374 e. The molecule has 0 aromatic carbocycles. The molecule has 2 atom stereocenters. The van der Waals surface area contributed by atoms with Crippen LogP contribution >= 0.6 is 0 Å². The SMILES string of the molecule is CCCCCCCCCCC(CCCCCC(CC)C(F)(F)C(=O)O)N(CCCCCCCC(=O)OCCC(CCCCC)CCCCC)C(=O)CCCN(C)C. The van der Waals surface area contributed by atoms with Crippen molar-refractivity contribution in [1.29, 1.82) is 0 Å². The monoisotopic (exact) mass is 815 g/mol. The fraction of sp³-hybridized carbons (Fsp3) is 0.938. The fourth-order valence-electron chi connectivity index (χ4n) is 8.23. The second-order valence-electron chi connectivity index (χ2n) is 17.5. The molecule has 0 fully saturated rings. The zero-order valence-electron chi connectivity index (χ0n) is 38.2. The molecule has 0 spiro atoms. The molecular formula is C48H92F2N2O5. The van der Waals surface area contributed by atoms with E-state index in [1.165, 1.54) is 89.9 Å². The lowest BCUT2D eigenvalue weighted by Gasteiger charge is -2.33. The molecule has 1 N–H and O–H groups in total. The van der Waals surface area contributed by atoms with Gasteiger partial charge in [0.05, 0.1) is 6.61 Å². The van der Waals surface area contributed by atoms with Crippen molar-refractivity contribution in [2.24, 2.45) is 11.8 Å². The molecule has 0 saturated heterocycles. The van der Waals surface area contributed by atoms with E-state index >= 15 is 0 Å². The van der Waals surface area contributed by atoms with Crippen molar-refractivity contribution in [2.75, 3.05) is 33.8 Å². The Hall–Kier alpha value is -1.77. The van der Waals surface area contributed by atoms with Gasteiger partial charge >= 0.3 is 17.9 Å². The van der Waals surface area contributed by atoms with E-state index in [2.05, 4.69) is 30.6 Å². The molecule has 0 aromatic rings. The van der Waals surface area contributed by atoms with Gasteiger partial charge in [-0.15, -0.1) is 0 Å². The van der Waals surface area contributed by atoms with Gasteiger partial charge in [-0.05, 0) is 77.9 Å². The first-order chi connectivity index (χ1) is 27.4. The van der Waals surface area contributed by atoms with Crippen LogP contribution in [0.15, 0.2) is 0 Å². The lowest BCUT2D eigenvalue weighted by molar-refractivity contribution is -0.174. The molecule has 7 nitrogen and oxygen atoms in total. The van der Waals surface area contributed by atoms with Crippen molar-refractivity contribution in [2.45, 2.75) is 245 Å². The number of esters is 1. The standard InChI is InChI=1S/C48H92F2N2O5/c1-7-11-14-15-16-17-19-26-34-44(35-27-22-25-33-43(10-4)48(49,50)47(55)56)52(45(53)36-30-39-51(5)6)40-29-21-18-20-28-37-46(54)57-41-38-42(31-23-12-8-2)32-24-13-9-3/h42-44H,7-41H2,1-6H3,(H,55,56). The van der Waals surface area contributed by atoms with Crippen LogP contribution in [-0.4, -0.2) is 78.5 Å². The van der Waals surface area contributed by atoms with Gasteiger partial charge in [0, 0.05) is 31.3 Å². The number of amides is 1. The Morgan fingerprint density at radius 1 is 0.561 bits per heavy atom. The third-order valence-electron chi connectivity index (χ3n) is 12.0. The first-order valence-corrected chi connectivity index (χ1v) is 24.1. The Kier molecular flexibility index (Phi) is 36.1. The Morgan fingerprint density at radius 2 is 1.04 bits per heavy atom. The topological polar surface area (TPSA) is 87.1 Å². The Morgan fingerprint density at radius 3 is 1.58 bits per heavy atom. The van der Waals surface area contributed by atoms with Crippen molar-refractivity contribution in [1.82, 2.24) is 9.80 Å². The third-order valence-corrected chi connectivity index (χ3v) is 12.0. The fourth-order valence-corrected chi connectivity index (χ4v) is 8.23. The second kappa shape index (κ2) is 37.2. The average molecular weight is 815 g/mol. The minimum absolute atomic E-state index is 0.0741. The van der Waals surface area contributed by atoms with Crippen molar-refractivity contribution in [3.05, 3.63) is 0 Å². The first kappa shape index (κ1) is 55.2. The number of nitrogens with zero attached hydrogens (tertiary/aromatic N) is 2. The summed E-state index contributed by atoms with van der Waals surface area (Å²) in [6.07, 6.45) is 31.8. The highest BCUT2D eigenvalue weighted by Gasteiger charge is 2.45. The number of alkyl halides is 2. The van der Waals surface area contributed by atoms with Crippen LogP contribution in [0.2, 0.25) is 0 Å². The van der Waals surface area contributed by atoms with Gasteiger partial charge in [-0.2, -0.15) is 8.78 Å². The van der Waals surface area contributed by atoms with Gasteiger partial charge in [-0.3, -0.25) is 9.59 Å². The minimum atomic E-state index is -3.70. The highest BCUT2D eigenvalue weighted by Crippen LogP contribution is 2.32. The van der Waals surface area contributed by atoms with Crippen LogP contribution in [0.25, 0.3) is 0 Å². The van der Waals surface area contributed by atoms with Crippen molar-refractivity contribution in [3.63, 3.8) is 0 Å². The predicted molar refractivity (Wildman–Crippen MR) is 235 cm³/mol. The normalized spacial score (nSPS) is 13.0. The van der Waals surface area contributed by atoms with Crippen LogP contribution in [0, 0.1) is 11.8 Å². The van der Waals surface area contributed by atoms with Crippen LogP contribution in [0.3, 0.4) is 0 Å². The van der Waals surface area contributed by atoms with E-state index < -0.39 is 17.8 Å². The predicted octanol–water partition coefficient (Wildman–Crippen LogP) is 13.8. The Labute approximate surface area is 350 Å². The molecule has 0 aliphatic carbocycles. The number of ether oxygens (including phenoxy) is 1. The summed E-state index contributed by atoms with van der Waals surface area (Å²) in [5.74, 6) is -6.08. The molecule has 0 rings (SSSR count). The quantitative estimate of drug-likeness (QED) is 0.0488. The number of unbranched alkanes of at least 4 members (excludes halogenated alkanes) is 17. The molecule has 0 bridgehead atoms. The molecule has 0 aromatic heterocycles. The molecule has 0 aliphatic rings. The van der Waals surface area contributed by atoms with Gasteiger partial charge in [0.25, 0.3) is 0 Å². The summed E-state index contributed by atoms with van der Waals surface area (Å²) in [5, 5.41) is 9.04. The van der Waals surface area contributed by atoms with Gasteiger partial charge in [-0.25, -0.2) is 4.79 Å². The number of aliphatic carboxylic acids is 1. The molecule has 338 valence electrons. The van der Waals surface area contributed by atoms with E-state index in [0.717, 1.165) is 96.6 Å². The molecule has 0 saturated carbocycles. The Balaban J connectivity index is 5.15. The zero-order chi connectivity index (χ0) is 42.6. The number of carboxylic acids is 1. The van der Waals surface area contributed by atoms with Gasteiger partial charge < -0.3 is 19.6 Å². The smallest absolute Gasteiger partial charge is 0.374 e. The highest BCUT2D eigenvalue weighted by atomic mass is 19.3. The summed E-state index contributed by atoms with van der Waals surface area (Å²) in [6, 6.07) is 0.132. The van der Waals surface area contributed by atoms with Gasteiger partial charge in [0.2, 0.25) is 5.91 Å². The van der Waals surface area contributed by atoms with Crippen molar-refractivity contribution >= 4 is 17.8 Å². The van der Waals surface area contributed by atoms with E-state index in [1.54, 1.807) is 6.92 Å². The van der Waals surface area contributed by atoms with Gasteiger partial charge in [0.1, 0.15) is 0 Å². The summed E-state index contributed by atoms with van der Waals surface area (Å²) >= 11 is 0. The summed E-state index contributed by atoms with van der Waals surface area (Å²) in [4.78, 5) is 41.7. The number of carbonyl (C=O) groups is 3. The molecule has 2 unspecified atom stereocenters. The lowest BCUT2D eigenvalue weighted by atomic mass is 9.91. The Bertz CT molecular complexity index is 955. The number of carbonyl (C=O) groups excluding carboxylic acids is 2. The molecule has 1 amide bonds. The number of rotatable bonds is 42. The second-order valence-corrected chi connectivity index (χ2v) is 17.5. The lowest BCUT2D eigenvalue weighted by Crippen LogP contribution is -2.41. The maximum absolute atomic E-state index is 14.2. The van der Waals surface area contributed by atoms with Crippen LogP contribution in [-0.2, 0) is 19.1 Å². The first-order valence-electron chi connectivity index (χ1n) is 24.1. The minimum Gasteiger partial charge on any atom is -0.477 e. The molecular weight excluding hydrogens is 723 g/mol. The average Bonchev–Trinajstić information content (AvgIpc) is 3.17. The van der Waals surface area contributed by atoms with Crippen molar-refractivity contribution in [3.8, 4) is 0 Å². The molecule has 0 aliphatic heterocycles. The third kappa shape index (κ3) is 30.0. The molecule has 9 heteroatoms. The largest absolute Gasteiger partial charge is 0.477 e. The van der Waals surface area contributed by atoms with E-state index in [4.69, 9.17) is 9.84 Å². The van der Waals surface area contributed by atoms with Gasteiger partial charge in [0.15, 0.2) is 0 Å². The van der Waals surface area contributed by atoms with Crippen LogP contribution in [0.5, 0.6) is 0 Å². The number of carboxylic acid groups (broad SMARTS) is 1. The molecule has 57 heavy (non-hydrogen) atoms. The zero-order valence-corrected chi connectivity index (χ0v) is 38.2. The summed E-state index contributed by atoms with van der Waals surface area (Å²) in [6.45, 7) is 10.5. The summed E-state index contributed by atoms with van der Waals surface area (Å²) < 4.78 is 34.1. The van der Waals surface area contributed by atoms with Crippen LogP contribution < -0.4 is 0 Å². The maximum atomic E-state index is 14.2. The van der Waals surface area contributed by atoms with E-state index in [0.29, 0.717) is 31.8 Å². The summed E-state index contributed by atoms with van der Waals surface area (Å²) in [5.41, 5.74) is 0. The molecule has 0 heterocycles. The van der Waals surface area contributed by atoms with E-state index in [9.17, 15) is 23.2 Å². The van der Waals surface area contributed by atoms with E-state index in [1.807, 2.05) is 14.1 Å². The summed E-state index contributed by atoms with van der Waals surface area (Å²) in [7, 11) is 4.06. The number of hydrogen-bond donors (Lipinski definition) is 1. The van der Waals surface area contributed by atoms with Crippen LogP contribution in [0.1, 0.15) is 233 Å². The van der Waals surface area contributed by atoms with Crippen LogP contribution in [0.4, 0.5) is 8.78 Å². The number of hydrogen-bond acceptors (Lipinski definition) is 5. The molecule has 0 radical (unpaired) electrons. The highest BCUT2D eigenvalue weighted by molar-refractivity contribution is 5.76. The van der Waals surface area contributed by atoms with E-state index in [-0.39, 0.29) is 30.8 Å². The van der Waals surface area contributed by atoms with Crippen molar-refractivity contribution < 1.29 is 33.0 Å².